The summed E-state index contributed by atoms with van der Waals surface area (Å²) in [6, 6.07) is 7.47. The first kappa shape index (κ1) is 12.8. The lowest BCUT2D eigenvalue weighted by molar-refractivity contribution is 0.344. The topological polar surface area (TPSA) is 21.6 Å². The van der Waals surface area contributed by atoms with Crippen LogP contribution in [0.2, 0.25) is 5.02 Å². The molecule has 0 aliphatic carbocycles. The van der Waals surface area contributed by atoms with Crippen LogP contribution in [-0.4, -0.2) is 23.9 Å². The molecule has 0 spiro atoms. The number of rotatable bonds is 4. The lowest BCUT2D eigenvalue weighted by atomic mass is 10.2. The van der Waals surface area contributed by atoms with Gasteiger partial charge in [-0.15, -0.1) is 11.8 Å². The fourth-order valence-corrected chi connectivity index (χ4v) is 2.64. The van der Waals surface area contributed by atoms with E-state index in [1.54, 1.807) is 0 Å². The van der Waals surface area contributed by atoms with Crippen LogP contribution in [0.15, 0.2) is 29.3 Å². The van der Waals surface area contributed by atoms with E-state index in [0.29, 0.717) is 6.61 Å². The summed E-state index contributed by atoms with van der Waals surface area (Å²) >= 11 is 7.62. The zero-order valence-electron chi connectivity index (χ0n) is 9.69. The van der Waals surface area contributed by atoms with Gasteiger partial charge in [0.2, 0.25) is 0 Å². The van der Waals surface area contributed by atoms with E-state index >= 15 is 0 Å². The highest BCUT2D eigenvalue weighted by Crippen LogP contribution is 2.18. The summed E-state index contributed by atoms with van der Waals surface area (Å²) in [7, 11) is 0. The van der Waals surface area contributed by atoms with E-state index in [4.69, 9.17) is 16.3 Å². The number of hydrogen-bond donors (Lipinski definition) is 0. The number of aliphatic imine (C=N–C) groups is 1. The second-order valence-corrected chi connectivity index (χ2v) is 5.49. The van der Waals surface area contributed by atoms with Crippen molar-refractivity contribution in [1.82, 2.24) is 0 Å². The van der Waals surface area contributed by atoms with Gasteiger partial charge in [0.05, 0.1) is 11.7 Å². The lowest BCUT2D eigenvalue weighted by Gasteiger charge is -2.11. The molecule has 0 fully saturated rings. The highest BCUT2D eigenvalue weighted by molar-refractivity contribution is 8.13. The Morgan fingerprint density at radius 1 is 1.24 bits per heavy atom. The van der Waals surface area contributed by atoms with E-state index in [0.717, 1.165) is 29.5 Å². The van der Waals surface area contributed by atoms with Crippen molar-refractivity contribution in [3.05, 3.63) is 29.3 Å². The molecule has 0 radical (unpaired) electrons. The van der Waals surface area contributed by atoms with Crippen molar-refractivity contribution in [2.45, 2.75) is 19.3 Å². The van der Waals surface area contributed by atoms with Crippen LogP contribution in [0.1, 0.15) is 19.3 Å². The molecule has 1 aliphatic rings. The summed E-state index contributed by atoms with van der Waals surface area (Å²) in [6.45, 7) is 1.71. The molecule has 0 unspecified atom stereocenters. The molecular formula is C13H16ClNOS. The van der Waals surface area contributed by atoms with Crippen LogP contribution in [0.25, 0.3) is 0 Å². The molecule has 0 amide bonds. The minimum atomic E-state index is 0.714. The number of hydrogen-bond acceptors (Lipinski definition) is 3. The molecule has 1 aromatic carbocycles. The molecule has 0 atom stereocenters. The monoisotopic (exact) mass is 269 g/mol. The molecular weight excluding hydrogens is 254 g/mol. The van der Waals surface area contributed by atoms with Crippen LogP contribution < -0.4 is 4.74 Å². The van der Waals surface area contributed by atoms with Crippen molar-refractivity contribution in [2.75, 3.05) is 18.9 Å². The maximum absolute atomic E-state index is 5.80. The Balaban J connectivity index is 1.66. The van der Waals surface area contributed by atoms with E-state index in [2.05, 4.69) is 4.99 Å². The average molecular weight is 270 g/mol. The summed E-state index contributed by atoms with van der Waals surface area (Å²) in [6.07, 6.45) is 3.67. The number of ether oxygens (including phenoxy) is 1. The molecule has 0 bridgehead atoms. The first-order valence-corrected chi connectivity index (χ1v) is 7.25. The van der Waals surface area contributed by atoms with E-state index in [1.165, 1.54) is 17.9 Å². The Morgan fingerprint density at radius 3 is 2.76 bits per heavy atom. The standard InChI is InChI=1S/C13H16ClNOS/c14-11-4-6-12(7-5-11)16-9-10-17-13-3-1-2-8-15-13/h4-7H,1-3,8-10H2. The minimum Gasteiger partial charge on any atom is -0.493 e. The van der Waals surface area contributed by atoms with Crippen LogP contribution in [0.3, 0.4) is 0 Å². The molecule has 1 aliphatic heterocycles. The molecule has 0 N–H and O–H groups in total. The predicted octanol–water partition coefficient (Wildman–Crippen LogP) is 4.03. The zero-order valence-corrected chi connectivity index (χ0v) is 11.3. The normalized spacial score (nSPS) is 15.5. The van der Waals surface area contributed by atoms with E-state index in [-0.39, 0.29) is 0 Å². The molecule has 0 saturated heterocycles. The van der Waals surface area contributed by atoms with Gasteiger partial charge >= 0.3 is 0 Å². The predicted molar refractivity (Wildman–Crippen MR) is 75.6 cm³/mol. The maximum atomic E-state index is 5.80. The van der Waals surface area contributed by atoms with Gasteiger partial charge in [0.25, 0.3) is 0 Å². The van der Waals surface area contributed by atoms with Crippen molar-refractivity contribution in [2.24, 2.45) is 4.99 Å². The van der Waals surface area contributed by atoms with Gasteiger partial charge in [-0.2, -0.15) is 0 Å². The Labute approximate surface area is 111 Å². The van der Waals surface area contributed by atoms with E-state index < -0.39 is 0 Å². The van der Waals surface area contributed by atoms with Gasteiger partial charge in [-0.1, -0.05) is 11.6 Å². The Bertz CT molecular complexity index is 378. The molecule has 0 saturated carbocycles. The van der Waals surface area contributed by atoms with Crippen LogP contribution in [0, 0.1) is 0 Å². The fourth-order valence-electron chi connectivity index (χ4n) is 1.64. The summed E-state index contributed by atoms with van der Waals surface area (Å²) in [5, 5.41) is 2.03. The summed E-state index contributed by atoms with van der Waals surface area (Å²) in [5.41, 5.74) is 0. The number of nitrogens with zero attached hydrogens (tertiary/aromatic N) is 1. The van der Waals surface area contributed by atoms with Crippen molar-refractivity contribution in [1.29, 1.82) is 0 Å². The molecule has 2 nitrogen and oxygen atoms in total. The molecule has 1 heterocycles. The Hall–Kier alpha value is -0.670. The van der Waals surface area contributed by atoms with Crippen LogP contribution in [0.5, 0.6) is 5.75 Å². The first-order valence-electron chi connectivity index (χ1n) is 5.89. The third-order valence-electron chi connectivity index (χ3n) is 2.52. The molecule has 92 valence electrons. The van der Waals surface area contributed by atoms with Crippen molar-refractivity contribution >= 4 is 28.4 Å². The molecule has 2 rings (SSSR count). The SMILES string of the molecule is Clc1ccc(OCCSC2=NCCCC2)cc1. The summed E-state index contributed by atoms with van der Waals surface area (Å²) < 4.78 is 5.62. The molecule has 1 aromatic rings. The minimum absolute atomic E-state index is 0.714. The first-order chi connectivity index (χ1) is 8.34. The number of halogens is 1. The molecule has 17 heavy (non-hydrogen) atoms. The Morgan fingerprint density at radius 2 is 2.06 bits per heavy atom. The smallest absolute Gasteiger partial charge is 0.119 e. The van der Waals surface area contributed by atoms with E-state index in [1.807, 2.05) is 36.0 Å². The number of thioether (sulfide) groups is 1. The van der Waals surface area contributed by atoms with Crippen LogP contribution in [0.4, 0.5) is 0 Å². The van der Waals surface area contributed by atoms with Gasteiger partial charge in [0, 0.05) is 17.3 Å². The quantitative estimate of drug-likeness (QED) is 0.770. The van der Waals surface area contributed by atoms with Gasteiger partial charge in [-0.05, 0) is 43.5 Å². The van der Waals surface area contributed by atoms with Crippen LogP contribution >= 0.6 is 23.4 Å². The maximum Gasteiger partial charge on any atom is 0.119 e. The van der Waals surface area contributed by atoms with Crippen molar-refractivity contribution in [3.8, 4) is 5.75 Å². The van der Waals surface area contributed by atoms with Gasteiger partial charge in [0.15, 0.2) is 0 Å². The second-order valence-electron chi connectivity index (χ2n) is 3.88. The highest BCUT2D eigenvalue weighted by Gasteiger charge is 2.05. The Kier molecular flexibility index (Phi) is 5.20. The lowest BCUT2D eigenvalue weighted by Crippen LogP contribution is -2.06. The third kappa shape index (κ3) is 4.60. The molecule has 4 heteroatoms. The van der Waals surface area contributed by atoms with E-state index in [9.17, 15) is 0 Å². The van der Waals surface area contributed by atoms with Gasteiger partial charge in [-0.25, -0.2) is 0 Å². The molecule has 0 aromatic heterocycles. The summed E-state index contributed by atoms with van der Waals surface area (Å²) in [5.74, 6) is 1.84. The van der Waals surface area contributed by atoms with Gasteiger partial charge in [0.1, 0.15) is 5.75 Å². The highest BCUT2D eigenvalue weighted by atomic mass is 35.5. The van der Waals surface area contributed by atoms with Crippen LogP contribution in [-0.2, 0) is 0 Å². The zero-order chi connectivity index (χ0) is 11.9. The second kappa shape index (κ2) is 6.92. The van der Waals surface area contributed by atoms with Gasteiger partial charge < -0.3 is 4.74 Å². The number of benzene rings is 1. The largest absolute Gasteiger partial charge is 0.493 e. The van der Waals surface area contributed by atoms with Gasteiger partial charge in [-0.3, -0.25) is 4.99 Å². The van der Waals surface area contributed by atoms with Crippen molar-refractivity contribution < 1.29 is 4.74 Å². The van der Waals surface area contributed by atoms with Crippen molar-refractivity contribution in [3.63, 3.8) is 0 Å². The summed E-state index contributed by atoms with van der Waals surface area (Å²) in [4.78, 5) is 4.49. The third-order valence-corrected chi connectivity index (χ3v) is 3.81. The fraction of sp³-hybridized carbons (Fsp3) is 0.462. The average Bonchev–Trinajstić information content (AvgIpc) is 2.38.